The molecule has 0 fully saturated rings. The van der Waals surface area contributed by atoms with Crippen LogP contribution in [0.15, 0.2) is 78.9 Å². The van der Waals surface area contributed by atoms with Gasteiger partial charge < -0.3 is 10.1 Å². The number of para-hydroxylation sites is 2. The number of hydrogen-bond acceptors (Lipinski definition) is 4. The maximum absolute atomic E-state index is 13.2. The van der Waals surface area contributed by atoms with Crippen LogP contribution in [0.4, 0.5) is 5.69 Å². The molecule has 184 valence electrons. The number of benzene rings is 3. The van der Waals surface area contributed by atoms with Crippen LogP contribution in [0.5, 0.6) is 5.75 Å². The van der Waals surface area contributed by atoms with Crippen LogP contribution >= 0.6 is 0 Å². The number of carbonyl (C=O) groups excluding carboxylic acids is 1. The summed E-state index contributed by atoms with van der Waals surface area (Å²) in [5.74, 6) is 0.660. The van der Waals surface area contributed by atoms with Gasteiger partial charge in [0.2, 0.25) is 10.0 Å². The van der Waals surface area contributed by atoms with E-state index in [4.69, 9.17) is 4.74 Å². The van der Waals surface area contributed by atoms with Gasteiger partial charge in [-0.3, -0.25) is 9.10 Å². The Hall–Kier alpha value is -3.32. The number of nitrogens with one attached hydrogen (secondary N) is 1. The van der Waals surface area contributed by atoms with Gasteiger partial charge in [-0.05, 0) is 48.7 Å². The topological polar surface area (TPSA) is 75.7 Å². The van der Waals surface area contributed by atoms with Gasteiger partial charge in [-0.25, -0.2) is 8.42 Å². The van der Waals surface area contributed by atoms with Gasteiger partial charge in [-0.15, -0.1) is 0 Å². The lowest BCUT2D eigenvalue weighted by molar-refractivity contribution is 0.0227. The molecule has 7 heteroatoms. The van der Waals surface area contributed by atoms with Crippen LogP contribution in [0.1, 0.15) is 60.6 Å². The number of nitrogens with zero attached hydrogens (tertiary/aromatic N) is 1. The first-order chi connectivity index (χ1) is 16.7. The molecule has 1 aliphatic heterocycles. The molecule has 0 aliphatic carbocycles. The quantitative estimate of drug-likeness (QED) is 0.453. The molecule has 1 atom stereocenters. The van der Waals surface area contributed by atoms with Crippen molar-refractivity contribution in [2.24, 2.45) is 0 Å². The zero-order chi connectivity index (χ0) is 25.1. The number of carbonyl (C=O) groups is 1. The number of fused-ring (bicyclic) bond motifs is 1. The molecule has 0 aromatic heterocycles. The molecule has 35 heavy (non-hydrogen) atoms. The summed E-state index contributed by atoms with van der Waals surface area (Å²) in [7, 11) is -3.46. The number of sulfonamides is 1. The number of ether oxygens (including phenoxy) is 1. The van der Waals surface area contributed by atoms with Crippen LogP contribution in [-0.2, 0) is 16.6 Å². The largest absolute Gasteiger partial charge is 0.487 e. The van der Waals surface area contributed by atoms with E-state index in [0.717, 1.165) is 29.7 Å². The van der Waals surface area contributed by atoms with Crippen molar-refractivity contribution < 1.29 is 17.9 Å². The molecule has 0 radical (unpaired) electrons. The normalized spacial score (nSPS) is 16.6. The lowest BCUT2D eigenvalue weighted by Crippen LogP contribution is -2.44. The van der Waals surface area contributed by atoms with E-state index in [1.807, 2.05) is 30.3 Å². The van der Waals surface area contributed by atoms with E-state index in [1.165, 1.54) is 10.6 Å². The highest BCUT2D eigenvalue weighted by Gasteiger charge is 2.39. The van der Waals surface area contributed by atoms with Gasteiger partial charge in [-0.2, -0.15) is 0 Å². The van der Waals surface area contributed by atoms with Gasteiger partial charge in [0, 0.05) is 17.5 Å². The summed E-state index contributed by atoms with van der Waals surface area (Å²) in [6, 6.07) is 23.8. The third-order valence-corrected chi connectivity index (χ3v) is 7.92. The monoisotopic (exact) mass is 492 g/mol. The van der Waals surface area contributed by atoms with E-state index in [2.05, 4.69) is 19.2 Å². The van der Waals surface area contributed by atoms with E-state index in [9.17, 15) is 13.2 Å². The smallest absolute Gasteiger partial charge is 0.251 e. The second-order valence-electron chi connectivity index (χ2n) is 9.06. The summed E-state index contributed by atoms with van der Waals surface area (Å²) in [6.07, 6.45) is 3.62. The van der Waals surface area contributed by atoms with Crippen LogP contribution < -0.4 is 14.4 Å². The maximum Gasteiger partial charge on any atom is 0.251 e. The van der Waals surface area contributed by atoms with Crippen molar-refractivity contribution >= 4 is 21.6 Å². The highest BCUT2D eigenvalue weighted by atomic mass is 32.2. The van der Waals surface area contributed by atoms with Crippen LogP contribution in [-0.4, -0.2) is 26.2 Å². The van der Waals surface area contributed by atoms with E-state index in [-0.39, 0.29) is 24.1 Å². The molecule has 1 unspecified atom stereocenters. The third-order valence-electron chi connectivity index (χ3n) is 6.78. The predicted molar refractivity (Wildman–Crippen MR) is 139 cm³/mol. The minimum absolute atomic E-state index is 0.147. The molecule has 1 amide bonds. The number of anilines is 1. The molecule has 3 aromatic rings. The Bertz CT molecular complexity index is 1270. The highest BCUT2D eigenvalue weighted by molar-refractivity contribution is 7.92. The van der Waals surface area contributed by atoms with Gasteiger partial charge in [0.05, 0.1) is 24.5 Å². The lowest BCUT2D eigenvalue weighted by atomic mass is 9.83. The molecular weight excluding hydrogens is 460 g/mol. The van der Waals surface area contributed by atoms with Crippen molar-refractivity contribution in [2.45, 2.75) is 51.3 Å². The van der Waals surface area contributed by atoms with Crippen molar-refractivity contribution in [3.8, 4) is 5.75 Å². The molecule has 0 bridgehead atoms. The van der Waals surface area contributed by atoms with Crippen molar-refractivity contribution in [1.29, 1.82) is 0 Å². The summed E-state index contributed by atoms with van der Waals surface area (Å²) in [5.41, 5.74) is 2.61. The molecule has 0 saturated heterocycles. The Morgan fingerprint density at radius 2 is 1.60 bits per heavy atom. The number of hydrogen-bond donors (Lipinski definition) is 1. The first-order valence-electron chi connectivity index (χ1n) is 11.9. The summed E-state index contributed by atoms with van der Waals surface area (Å²) < 4.78 is 32.5. The number of amides is 1. The summed E-state index contributed by atoms with van der Waals surface area (Å²) in [4.78, 5) is 13.2. The van der Waals surface area contributed by atoms with Crippen molar-refractivity contribution in [3.05, 3.63) is 95.6 Å². The molecule has 3 aromatic carbocycles. The molecule has 0 spiro atoms. The van der Waals surface area contributed by atoms with Gasteiger partial charge in [0.15, 0.2) is 0 Å². The average Bonchev–Trinajstić information content (AvgIpc) is 2.87. The van der Waals surface area contributed by atoms with E-state index >= 15 is 0 Å². The zero-order valence-electron chi connectivity index (χ0n) is 20.4. The first-order valence-corrected chi connectivity index (χ1v) is 13.8. The summed E-state index contributed by atoms with van der Waals surface area (Å²) in [6.45, 7) is 4.42. The molecule has 6 nitrogen and oxygen atoms in total. The molecule has 1 heterocycles. The van der Waals surface area contributed by atoms with Crippen molar-refractivity contribution in [1.82, 2.24) is 5.32 Å². The van der Waals surface area contributed by atoms with E-state index < -0.39 is 10.0 Å². The summed E-state index contributed by atoms with van der Waals surface area (Å²) >= 11 is 0. The Labute approximate surface area is 208 Å². The fourth-order valence-corrected chi connectivity index (χ4v) is 5.48. The summed E-state index contributed by atoms with van der Waals surface area (Å²) in [5, 5.41) is 3.20. The van der Waals surface area contributed by atoms with E-state index in [0.29, 0.717) is 17.7 Å². The minimum Gasteiger partial charge on any atom is -0.487 e. The van der Waals surface area contributed by atoms with Crippen LogP contribution in [0.3, 0.4) is 0 Å². The SMILES string of the molecule is CCC1(CC)CC(NC(=O)c2ccc(CN(c3ccccc3)S(C)(=O)=O)cc2)c2ccccc2O1. The lowest BCUT2D eigenvalue weighted by Gasteiger charge is -2.41. The van der Waals surface area contributed by atoms with Crippen molar-refractivity contribution in [2.75, 3.05) is 10.6 Å². The highest BCUT2D eigenvalue weighted by Crippen LogP contribution is 2.42. The Kier molecular flexibility index (Phi) is 7.17. The van der Waals surface area contributed by atoms with Crippen LogP contribution in [0.2, 0.25) is 0 Å². The minimum atomic E-state index is -3.46. The van der Waals surface area contributed by atoms with Gasteiger partial charge in [-0.1, -0.05) is 62.4 Å². The third kappa shape index (κ3) is 5.51. The molecular formula is C28H32N2O4S. The second kappa shape index (κ2) is 10.1. The van der Waals surface area contributed by atoms with Gasteiger partial charge in [0.1, 0.15) is 11.4 Å². The van der Waals surface area contributed by atoms with Gasteiger partial charge >= 0.3 is 0 Å². The first kappa shape index (κ1) is 24.8. The predicted octanol–water partition coefficient (Wildman–Crippen LogP) is 5.47. The maximum atomic E-state index is 13.2. The van der Waals surface area contributed by atoms with Crippen LogP contribution in [0, 0.1) is 0 Å². The fraction of sp³-hybridized carbons (Fsp3) is 0.321. The molecule has 1 N–H and O–H groups in total. The zero-order valence-corrected chi connectivity index (χ0v) is 21.2. The standard InChI is InChI=1S/C28H32N2O4S/c1-4-28(5-2)19-25(24-13-9-10-14-26(24)34-28)29-27(31)22-17-15-21(16-18-22)20-30(35(3,32)33)23-11-7-6-8-12-23/h6-18,25H,4-5,19-20H2,1-3H3,(H,29,31). The molecule has 0 saturated carbocycles. The average molecular weight is 493 g/mol. The second-order valence-corrected chi connectivity index (χ2v) is 11.0. The fourth-order valence-electron chi connectivity index (χ4n) is 4.59. The number of rotatable bonds is 8. The van der Waals surface area contributed by atoms with Gasteiger partial charge in [0.25, 0.3) is 5.91 Å². The Morgan fingerprint density at radius 3 is 2.23 bits per heavy atom. The Balaban J connectivity index is 1.51. The Morgan fingerprint density at radius 1 is 0.971 bits per heavy atom. The van der Waals surface area contributed by atoms with Crippen LogP contribution in [0.25, 0.3) is 0 Å². The van der Waals surface area contributed by atoms with E-state index in [1.54, 1.807) is 48.5 Å². The molecule has 4 rings (SSSR count). The van der Waals surface area contributed by atoms with Crippen molar-refractivity contribution in [3.63, 3.8) is 0 Å². The molecule has 1 aliphatic rings.